The molecular weight excluding hydrogens is 481 g/mol. The van der Waals surface area contributed by atoms with Gasteiger partial charge in [-0.25, -0.2) is 4.39 Å². The third-order valence-electron chi connectivity index (χ3n) is 5.29. The Morgan fingerprint density at radius 1 is 1.06 bits per heavy atom. The van der Waals surface area contributed by atoms with Gasteiger partial charge in [0.15, 0.2) is 11.5 Å². The zero-order valence-corrected chi connectivity index (χ0v) is 18.2. The number of amides is 1. The van der Waals surface area contributed by atoms with E-state index >= 15 is 0 Å². The first-order valence-electron chi connectivity index (χ1n) is 9.66. The molecule has 160 valence electrons. The van der Waals surface area contributed by atoms with Crippen molar-refractivity contribution in [1.82, 2.24) is 0 Å². The van der Waals surface area contributed by atoms with E-state index in [4.69, 9.17) is 8.83 Å². The minimum Gasteiger partial charge on any atom is -0.503 e. The average molecular weight is 496 g/mol. The van der Waals surface area contributed by atoms with Gasteiger partial charge in [0.2, 0.25) is 5.78 Å². The number of ketones is 1. The van der Waals surface area contributed by atoms with Crippen LogP contribution in [0.5, 0.6) is 0 Å². The first-order valence-corrected chi connectivity index (χ1v) is 10.4. The molecule has 4 aromatic rings. The number of hydrogen-bond acceptors (Lipinski definition) is 5. The molecule has 32 heavy (non-hydrogen) atoms. The Labute approximate surface area is 189 Å². The van der Waals surface area contributed by atoms with E-state index in [9.17, 15) is 19.1 Å². The highest BCUT2D eigenvalue weighted by Crippen LogP contribution is 2.43. The van der Waals surface area contributed by atoms with Gasteiger partial charge in [0.05, 0.1) is 5.57 Å². The van der Waals surface area contributed by atoms with Crippen LogP contribution < -0.4 is 4.90 Å². The smallest absolute Gasteiger partial charge is 0.294 e. The molecule has 1 aliphatic heterocycles. The highest BCUT2D eigenvalue weighted by atomic mass is 79.9. The molecule has 1 unspecified atom stereocenters. The summed E-state index contributed by atoms with van der Waals surface area (Å²) in [7, 11) is 0. The van der Waals surface area contributed by atoms with E-state index in [1.54, 1.807) is 43.3 Å². The number of hydrogen-bond donors (Lipinski definition) is 1. The topological polar surface area (TPSA) is 83.9 Å². The van der Waals surface area contributed by atoms with Gasteiger partial charge in [0, 0.05) is 15.5 Å². The molecule has 5 rings (SSSR count). The van der Waals surface area contributed by atoms with Gasteiger partial charge in [0.25, 0.3) is 5.91 Å². The lowest BCUT2D eigenvalue weighted by Crippen LogP contribution is -2.30. The summed E-state index contributed by atoms with van der Waals surface area (Å²) in [5, 5.41) is 11.4. The average Bonchev–Trinajstić information content (AvgIpc) is 3.45. The van der Waals surface area contributed by atoms with Crippen molar-refractivity contribution in [3.63, 3.8) is 0 Å². The van der Waals surface area contributed by atoms with E-state index in [-0.39, 0.29) is 17.1 Å². The quantitative estimate of drug-likeness (QED) is 0.350. The van der Waals surface area contributed by atoms with Crippen molar-refractivity contribution in [2.75, 3.05) is 4.90 Å². The van der Waals surface area contributed by atoms with Crippen molar-refractivity contribution < 1.29 is 27.9 Å². The zero-order chi connectivity index (χ0) is 22.6. The molecular formula is C24H15BrFNO5. The highest BCUT2D eigenvalue weighted by Gasteiger charge is 2.46. The summed E-state index contributed by atoms with van der Waals surface area (Å²) in [6.07, 6.45) is 0. The molecule has 1 N–H and O–H groups in total. The summed E-state index contributed by atoms with van der Waals surface area (Å²) >= 11 is 3.38. The number of halogens is 2. The molecule has 2 aromatic heterocycles. The number of anilines is 1. The second kappa shape index (κ2) is 7.49. The number of benzene rings is 2. The van der Waals surface area contributed by atoms with Crippen LogP contribution in [0.4, 0.5) is 10.1 Å². The predicted molar refractivity (Wildman–Crippen MR) is 118 cm³/mol. The van der Waals surface area contributed by atoms with E-state index < -0.39 is 29.3 Å². The van der Waals surface area contributed by atoms with Gasteiger partial charge >= 0.3 is 0 Å². The van der Waals surface area contributed by atoms with Crippen molar-refractivity contribution in [1.29, 1.82) is 0 Å². The van der Waals surface area contributed by atoms with Crippen LogP contribution in [0, 0.1) is 12.7 Å². The summed E-state index contributed by atoms with van der Waals surface area (Å²) in [6.45, 7) is 1.73. The maximum atomic E-state index is 13.5. The minimum absolute atomic E-state index is 0.0262. The maximum Gasteiger partial charge on any atom is 0.294 e. The van der Waals surface area contributed by atoms with E-state index in [1.807, 2.05) is 0 Å². The fraction of sp³-hybridized carbons (Fsp3) is 0.0833. The molecule has 0 radical (unpaired) electrons. The summed E-state index contributed by atoms with van der Waals surface area (Å²) in [4.78, 5) is 27.7. The molecule has 1 atom stereocenters. The van der Waals surface area contributed by atoms with Gasteiger partial charge in [-0.1, -0.05) is 15.9 Å². The lowest BCUT2D eigenvalue weighted by molar-refractivity contribution is -0.117. The third kappa shape index (κ3) is 3.23. The minimum atomic E-state index is -1.05. The predicted octanol–water partition coefficient (Wildman–Crippen LogP) is 6.02. The monoisotopic (exact) mass is 495 g/mol. The normalized spacial score (nSPS) is 16.4. The van der Waals surface area contributed by atoms with E-state index in [0.29, 0.717) is 22.4 Å². The van der Waals surface area contributed by atoms with Crippen LogP contribution in [-0.4, -0.2) is 16.8 Å². The lowest BCUT2D eigenvalue weighted by Gasteiger charge is -2.24. The number of aliphatic hydroxyl groups is 1. The van der Waals surface area contributed by atoms with Crippen LogP contribution >= 0.6 is 15.9 Å². The molecule has 8 heteroatoms. The molecule has 0 saturated carbocycles. The molecule has 3 heterocycles. The Morgan fingerprint density at radius 3 is 2.50 bits per heavy atom. The van der Waals surface area contributed by atoms with E-state index in [1.165, 1.54) is 29.2 Å². The van der Waals surface area contributed by atoms with E-state index in [2.05, 4.69) is 15.9 Å². The SMILES string of the molecule is Cc1ccc(C2C(C(=O)c3cc4cc(Br)ccc4o3)=C(O)C(=O)N2c2ccc(F)cc2)o1. The maximum absolute atomic E-state index is 13.5. The zero-order valence-electron chi connectivity index (χ0n) is 16.6. The molecule has 0 saturated heterocycles. The number of carbonyl (C=O) groups is 2. The second-order valence-electron chi connectivity index (χ2n) is 7.39. The van der Waals surface area contributed by atoms with Gasteiger partial charge in [-0.3, -0.25) is 14.5 Å². The van der Waals surface area contributed by atoms with Crippen molar-refractivity contribution >= 4 is 44.3 Å². The first kappa shape index (κ1) is 20.3. The van der Waals surface area contributed by atoms with Gasteiger partial charge in [-0.2, -0.15) is 0 Å². The number of aryl methyl sites for hydroxylation is 1. The fourth-order valence-corrected chi connectivity index (χ4v) is 4.21. The fourth-order valence-electron chi connectivity index (χ4n) is 3.83. The molecule has 6 nitrogen and oxygen atoms in total. The Balaban J connectivity index is 1.65. The van der Waals surface area contributed by atoms with Crippen molar-refractivity contribution in [3.05, 3.63) is 99.6 Å². The number of furan rings is 2. The molecule has 2 aromatic carbocycles. The van der Waals surface area contributed by atoms with Crippen LogP contribution in [0.2, 0.25) is 0 Å². The van der Waals surface area contributed by atoms with Crippen molar-refractivity contribution in [3.8, 4) is 0 Å². The molecule has 1 aliphatic rings. The number of aliphatic hydroxyl groups excluding tert-OH is 1. The van der Waals surface area contributed by atoms with Crippen LogP contribution in [0.25, 0.3) is 11.0 Å². The van der Waals surface area contributed by atoms with Crippen LogP contribution in [-0.2, 0) is 4.79 Å². The number of fused-ring (bicyclic) bond motifs is 1. The van der Waals surface area contributed by atoms with Crippen LogP contribution in [0.1, 0.15) is 28.1 Å². The van der Waals surface area contributed by atoms with E-state index in [0.717, 1.165) is 4.47 Å². The number of carbonyl (C=O) groups excluding carboxylic acids is 2. The van der Waals surface area contributed by atoms with Gasteiger partial charge in [-0.15, -0.1) is 0 Å². The Kier molecular flexibility index (Phi) is 4.74. The van der Waals surface area contributed by atoms with Crippen molar-refractivity contribution in [2.24, 2.45) is 0 Å². The highest BCUT2D eigenvalue weighted by molar-refractivity contribution is 9.10. The standard InChI is InChI=1S/C24H15BrFNO5/c1-12-2-8-18(31-12)21-20(22(28)19-11-13-10-14(25)3-9-17(13)32-19)23(29)24(30)27(21)16-6-4-15(26)5-7-16/h2-11,21,29H,1H3. The van der Waals surface area contributed by atoms with Crippen LogP contribution in [0.3, 0.4) is 0 Å². The summed E-state index contributed by atoms with van der Waals surface area (Å²) < 4.78 is 25.7. The molecule has 1 amide bonds. The number of nitrogens with zero attached hydrogens (tertiary/aromatic N) is 1. The number of Topliss-reactive ketones (excluding diaryl/α,β-unsaturated/α-hetero) is 1. The third-order valence-corrected chi connectivity index (χ3v) is 5.78. The Hall–Kier alpha value is -3.65. The molecule has 0 spiro atoms. The molecule has 0 bridgehead atoms. The largest absolute Gasteiger partial charge is 0.503 e. The van der Waals surface area contributed by atoms with Crippen LogP contribution in [0.15, 0.2) is 85.3 Å². The molecule has 0 fully saturated rings. The van der Waals surface area contributed by atoms with Crippen molar-refractivity contribution in [2.45, 2.75) is 13.0 Å². The van der Waals surface area contributed by atoms with Gasteiger partial charge < -0.3 is 13.9 Å². The summed E-state index contributed by atoms with van der Waals surface area (Å²) in [6, 6.07) is 14.3. The second-order valence-corrected chi connectivity index (χ2v) is 8.30. The Morgan fingerprint density at radius 2 is 1.81 bits per heavy atom. The van der Waals surface area contributed by atoms with Gasteiger partial charge in [-0.05, 0) is 67.6 Å². The Bertz CT molecular complexity index is 1420. The first-order chi connectivity index (χ1) is 15.3. The summed E-state index contributed by atoms with van der Waals surface area (Å²) in [5.74, 6) is -1.80. The summed E-state index contributed by atoms with van der Waals surface area (Å²) in [5.41, 5.74) is 0.617. The number of rotatable bonds is 4. The lowest BCUT2D eigenvalue weighted by atomic mass is 9.99. The molecule has 0 aliphatic carbocycles. The van der Waals surface area contributed by atoms with Gasteiger partial charge in [0.1, 0.15) is 29.0 Å².